The molecule has 0 aliphatic heterocycles. The summed E-state index contributed by atoms with van der Waals surface area (Å²) in [6.45, 7) is 0. The minimum Gasteiger partial charge on any atom is -0.324 e. The summed E-state index contributed by atoms with van der Waals surface area (Å²) in [6.07, 6.45) is 0. The Labute approximate surface area is 123 Å². The van der Waals surface area contributed by atoms with Gasteiger partial charge in [-0.15, -0.1) is 0 Å². The van der Waals surface area contributed by atoms with Crippen molar-refractivity contribution in [3.63, 3.8) is 0 Å². The first-order valence-electron chi connectivity index (χ1n) is 6.00. The second-order valence-corrected chi connectivity index (χ2v) is 5.02. The fourth-order valence-electron chi connectivity index (χ4n) is 1.84. The average Bonchev–Trinajstić information content (AvgIpc) is 2.83. The van der Waals surface area contributed by atoms with Gasteiger partial charge in [0.1, 0.15) is 0 Å². The summed E-state index contributed by atoms with van der Waals surface area (Å²) >= 11 is 3.37. The van der Waals surface area contributed by atoms with Crippen LogP contribution < -0.4 is 10.6 Å². The molecule has 0 radical (unpaired) electrons. The van der Waals surface area contributed by atoms with E-state index in [1.54, 1.807) is 0 Å². The van der Waals surface area contributed by atoms with Crippen LogP contribution in [0.2, 0.25) is 0 Å². The van der Waals surface area contributed by atoms with Gasteiger partial charge in [-0.05, 0) is 40.2 Å². The van der Waals surface area contributed by atoms with Gasteiger partial charge in [-0.2, -0.15) is 0 Å². The number of nitrogens with zero attached hydrogens (tertiary/aromatic N) is 1. The van der Waals surface area contributed by atoms with Crippen molar-refractivity contribution in [3.05, 3.63) is 53.0 Å². The van der Waals surface area contributed by atoms with Crippen molar-refractivity contribution in [2.45, 2.75) is 0 Å². The molecule has 3 aromatic rings. The number of imidazole rings is 1. The minimum atomic E-state index is -0.351. The maximum absolute atomic E-state index is 11.9. The van der Waals surface area contributed by atoms with E-state index in [1.807, 2.05) is 48.5 Å². The molecule has 0 saturated heterocycles. The molecule has 100 valence electrons. The number of anilines is 2. The van der Waals surface area contributed by atoms with E-state index in [2.05, 4.69) is 36.5 Å². The van der Waals surface area contributed by atoms with Crippen molar-refractivity contribution < 1.29 is 4.79 Å². The monoisotopic (exact) mass is 330 g/mol. The van der Waals surface area contributed by atoms with Gasteiger partial charge in [-0.3, -0.25) is 5.32 Å². The van der Waals surface area contributed by atoms with E-state index in [1.165, 1.54) is 0 Å². The smallest absolute Gasteiger partial charge is 0.324 e. The number of amides is 2. The molecule has 0 aliphatic carbocycles. The first-order chi connectivity index (χ1) is 9.72. The van der Waals surface area contributed by atoms with Crippen LogP contribution in [0, 0.1) is 0 Å². The predicted molar refractivity (Wildman–Crippen MR) is 82.9 cm³/mol. The Morgan fingerprint density at radius 3 is 2.60 bits per heavy atom. The Kier molecular flexibility index (Phi) is 3.39. The number of rotatable bonds is 2. The lowest BCUT2D eigenvalue weighted by molar-refractivity contribution is 0.262. The molecule has 20 heavy (non-hydrogen) atoms. The van der Waals surface area contributed by atoms with E-state index in [0.717, 1.165) is 15.5 Å². The topological polar surface area (TPSA) is 69.8 Å². The summed E-state index contributed by atoms with van der Waals surface area (Å²) in [6, 6.07) is 14.6. The van der Waals surface area contributed by atoms with E-state index >= 15 is 0 Å². The molecule has 1 heterocycles. The van der Waals surface area contributed by atoms with Gasteiger partial charge in [-0.1, -0.05) is 24.3 Å². The molecule has 0 unspecified atom stereocenters. The number of nitrogens with one attached hydrogen (secondary N) is 3. The number of carbonyl (C=O) groups excluding carboxylic acids is 1. The Morgan fingerprint density at radius 2 is 1.80 bits per heavy atom. The molecule has 0 atom stereocenters. The van der Waals surface area contributed by atoms with E-state index in [-0.39, 0.29) is 6.03 Å². The van der Waals surface area contributed by atoms with Gasteiger partial charge in [0.15, 0.2) is 0 Å². The van der Waals surface area contributed by atoms with Gasteiger partial charge in [0.25, 0.3) is 0 Å². The SMILES string of the molecule is O=C(Nc1nc2ccccc2[nH]1)Nc1ccccc1Br. The Morgan fingerprint density at radius 1 is 1.05 bits per heavy atom. The summed E-state index contributed by atoms with van der Waals surface area (Å²) < 4.78 is 0.819. The summed E-state index contributed by atoms with van der Waals surface area (Å²) in [5.74, 6) is 0.413. The first kappa shape index (κ1) is 12.7. The van der Waals surface area contributed by atoms with Crippen LogP contribution in [0.4, 0.5) is 16.4 Å². The summed E-state index contributed by atoms with van der Waals surface area (Å²) in [5.41, 5.74) is 2.38. The zero-order chi connectivity index (χ0) is 13.9. The lowest BCUT2D eigenvalue weighted by Crippen LogP contribution is -2.20. The fraction of sp³-hybridized carbons (Fsp3) is 0. The van der Waals surface area contributed by atoms with Crippen LogP contribution in [0.5, 0.6) is 0 Å². The summed E-state index contributed by atoms with van der Waals surface area (Å²) in [4.78, 5) is 19.2. The van der Waals surface area contributed by atoms with E-state index in [0.29, 0.717) is 11.6 Å². The second kappa shape index (κ2) is 5.34. The highest BCUT2D eigenvalue weighted by molar-refractivity contribution is 9.10. The quantitative estimate of drug-likeness (QED) is 0.665. The zero-order valence-corrected chi connectivity index (χ0v) is 11.9. The third-order valence-corrected chi connectivity index (χ3v) is 3.43. The number of carbonyl (C=O) groups is 1. The molecule has 6 heteroatoms. The van der Waals surface area contributed by atoms with E-state index < -0.39 is 0 Å². The fourth-order valence-corrected chi connectivity index (χ4v) is 2.22. The van der Waals surface area contributed by atoms with Crippen molar-refractivity contribution in [3.8, 4) is 0 Å². The van der Waals surface area contributed by atoms with Crippen LogP contribution in [0.15, 0.2) is 53.0 Å². The lowest BCUT2D eigenvalue weighted by atomic mass is 10.3. The van der Waals surface area contributed by atoms with Gasteiger partial charge in [0.05, 0.1) is 16.7 Å². The molecule has 0 saturated carbocycles. The molecule has 3 rings (SSSR count). The van der Waals surface area contributed by atoms with Crippen molar-refractivity contribution in [2.24, 2.45) is 0 Å². The maximum atomic E-state index is 11.9. The van der Waals surface area contributed by atoms with Crippen LogP contribution in [0.1, 0.15) is 0 Å². The number of aromatic nitrogens is 2. The number of aromatic amines is 1. The van der Waals surface area contributed by atoms with Crippen molar-refractivity contribution in [1.82, 2.24) is 9.97 Å². The molecule has 0 aliphatic rings. The number of H-pyrrole nitrogens is 1. The molecule has 2 aromatic carbocycles. The summed E-state index contributed by atoms with van der Waals surface area (Å²) in [7, 11) is 0. The molecule has 3 N–H and O–H groups in total. The Bertz CT molecular complexity index is 735. The van der Waals surface area contributed by atoms with Gasteiger partial charge in [0, 0.05) is 4.47 Å². The average molecular weight is 331 g/mol. The van der Waals surface area contributed by atoms with Gasteiger partial charge < -0.3 is 10.3 Å². The first-order valence-corrected chi connectivity index (χ1v) is 6.79. The number of halogens is 1. The number of hydrogen-bond donors (Lipinski definition) is 3. The highest BCUT2D eigenvalue weighted by Crippen LogP contribution is 2.21. The molecule has 0 fully saturated rings. The minimum absolute atomic E-state index is 0.351. The number of para-hydroxylation sites is 3. The molecule has 0 spiro atoms. The molecule has 5 nitrogen and oxygen atoms in total. The predicted octanol–water partition coefficient (Wildman–Crippen LogP) is 3.97. The largest absolute Gasteiger partial charge is 0.326 e. The van der Waals surface area contributed by atoms with Crippen LogP contribution in [0.3, 0.4) is 0 Å². The zero-order valence-electron chi connectivity index (χ0n) is 10.4. The maximum Gasteiger partial charge on any atom is 0.326 e. The van der Waals surface area contributed by atoms with Crippen molar-refractivity contribution in [1.29, 1.82) is 0 Å². The second-order valence-electron chi connectivity index (χ2n) is 4.16. The molecule has 2 amide bonds. The highest BCUT2D eigenvalue weighted by Gasteiger charge is 2.08. The van der Waals surface area contributed by atoms with Crippen LogP contribution in [0.25, 0.3) is 11.0 Å². The number of benzene rings is 2. The van der Waals surface area contributed by atoms with Crippen LogP contribution in [-0.4, -0.2) is 16.0 Å². The number of urea groups is 1. The third kappa shape index (κ3) is 2.65. The molecular formula is C14H11BrN4O. The normalized spacial score (nSPS) is 10.4. The van der Waals surface area contributed by atoms with Gasteiger partial charge in [0.2, 0.25) is 5.95 Å². The number of fused-ring (bicyclic) bond motifs is 1. The van der Waals surface area contributed by atoms with Gasteiger partial charge in [-0.25, -0.2) is 9.78 Å². The highest BCUT2D eigenvalue weighted by atomic mass is 79.9. The van der Waals surface area contributed by atoms with Crippen molar-refractivity contribution >= 4 is 44.6 Å². The Balaban J connectivity index is 1.74. The molecular weight excluding hydrogens is 320 g/mol. The third-order valence-electron chi connectivity index (χ3n) is 2.74. The molecule has 0 bridgehead atoms. The van der Waals surface area contributed by atoms with Crippen molar-refractivity contribution in [2.75, 3.05) is 10.6 Å². The van der Waals surface area contributed by atoms with E-state index in [9.17, 15) is 4.79 Å². The van der Waals surface area contributed by atoms with Gasteiger partial charge >= 0.3 is 6.03 Å². The molecule has 1 aromatic heterocycles. The van der Waals surface area contributed by atoms with E-state index in [4.69, 9.17) is 0 Å². The summed E-state index contributed by atoms with van der Waals surface area (Å²) in [5, 5.41) is 5.42. The lowest BCUT2D eigenvalue weighted by Gasteiger charge is -2.06. The standard InChI is InChI=1S/C14H11BrN4O/c15-9-5-1-2-6-10(9)18-14(20)19-13-16-11-7-3-4-8-12(11)17-13/h1-8H,(H3,16,17,18,19,20). The van der Waals surface area contributed by atoms with Crippen LogP contribution in [-0.2, 0) is 0 Å². The van der Waals surface area contributed by atoms with Crippen LogP contribution >= 0.6 is 15.9 Å². The Hall–Kier alpha value is -2.34. The number of hydrogen-bond acceptors (Lipinski definition) is 2.